The maximum atomic E-state index is 12.1. The summed E-state index contributed by atoms with van der Waals surface area (Å²) in [6.07, 6.45) is 5.88. The van der Waals surface area contributed by atoms with Crippen LogP contribution in [0.5, 0.6) is 0 Å². The maximum absolute atomic E-state index is 12.1. The Morgan fingerprint density at radius 1 is 1.28 bits per heavy atom. The zero-order valence-corrected chi connectivity index (χ0v) is 14.0. The number of aryl methyl sites for hydroxylation is 1. The first-order chi connectivity index (χ1) is 12.2. The van der Waals surface area contributed by atoms with Crippen molar-refractivity contribution < 1.29 is 4.79 Å². The molecule has 1 aliphatic rings. The highest BCUT2D eigenvalue weighted by atomic mass is 16.2. The van der Waals surface area contributed by atoms with Crippen molar-refractivity contribution in [2.45, 2.75) is 12.8 Å². The number of amides is 1. The summed E-state index contributed by atoms with van der Waals surface area (Å²) in [5.74, 6) is 0.249. The number of nitrogens with zero attached hydrogens (tertiary/aromatic N) is 6. The molecule has 0 spiro atoms. The van der Waals surface area contributed by atoms with Crippen molar-refractivity contribution in [1.82, 2.24) is 29.9 Å². The van der Waals surface area contributed by atoms with Crippen LogP contribution in [0, 0.1) is 0 Å². The standard InChI is InChI=1S/C17H19N7O/c1-23-10-15(21-22-23)12-4-5-13-9-18-17(19-14(13)8-12)20-16(25)11-24-6-2-3-7-24/h4-5,8-10H,2-3,6-7,11H2,1H3,(H,18,19,20,25). The van der Waals surface area contributed by atoms with Gasteiger partial charge in [-0.25, -0.2) is 9.97 Å². The molecule has 1 fully saturated rings. The summed E-state index contributed by atoms with van der Waals surface area (Å²) in [4.78, 5) is 23.0. The van der Waals surface area contributed by atoms with E-state index in [4.69, 9.17) is 0 Å². The van der Waals surface area contributed by atoms with E-state index < -0.39 is 0 Å². The van der Waals surface area contributed by atoms with Gasteiger partial charge in [-0.3, -0.25) is 19.7 Å². The molecule has 1 amide bonds. The highest BCUT2D eigenvalue weighted by Crippen LogP contribution is 2.21. The molecule has 128 valence electrons. The van der Waals surface area contributed by atoms with Gasteiger partial charge in [0, 0.05) is 24.2 Å². The summed E-state index contributed by atoms with van der Waals surface area (Å²) in [6.45, 7) is 2.35. The van der Waals surface area contributed by atoms with Crippen LogP contribution in [0.15, 0.2) is 30.6 Å². The largest absolute Gasteiger partial charge is 0.295 e. The van der Waals surface area contributed by atoms with Gasteiger partial charge in [-0.1, -0.05) is 17.3 Å². The van der Waals surface area contributed by atoms with Crippen molar-refractivity contribution in [3.8, 4) is 11.3 Å². The molecular weight excluding hydrogens is 318 g/mol. The van der Waals surface area contributed by atoms with Crippen molar-refractivity contribution in [2.75, 3.05) is 25.0 Å². The number of nitrogens with one attached hydrogen (secondary N) is 1. The molecule has 0 atom stereocenters. The van der Waals surface area contributed by atoms with E-state index in [-0.39, 0.29) is 5.91 Å². The van der Waals surface area contributed by atoms with Crippen LogP contribution in [0.3, 0.4) is 0 Å². The Balaban J connectivity index is 1.54. The molecule has 1 aliphatic heterocycles. The van der Waals surface area contributed by atoms with Crippen LogP contribution < -0.4 is 5.32 Å². The van der Waals surface area contributed by atoms with Gasteiger partial charge in [-0.2, -0.15) is 0 Å². The van der Waals surface area contributed by atoms with E-state index >= 15 is 0 Å². The average molecular weight is 337 g/mol. The number of hydrogen-bond acceptors (Lipinski definition) is 6. The Kier molecular flexibility index (Phi) is 4.10. The third kappa shape index (κ3) is 3.48. The monoisotopic (exact) mass is 337 g/mol. The predicted molar refractivity (Wildman–Crippen MR) is 93.8 cm³/mol. The Labute approximate surface area is 144 Å². The average Bonchev–Trinajstić information content (AvgIpc) is 3.26. The minimum atomic E-state index is -0.0775. The molecule has 0 aliphatic carbocycles. The molecule has 8 heteroatoms. The first-order valence-electron chi connectivity index (χ1n) is 8.33. The number of carbonyl (C=O) groups excluding carboxylic acids is 1. The quantitative estimate of drug-likeness (QED) is 0.775. The van der Waals surface area contributed by atoms with Gasteiger partial charge in [0.15, 0.2) is 0 Å². The normalized spacial score (nSPS) is 14.9. The fourth-order valence-corrected chi connectivity index (χ4v) is 3.03. The van der Waals surface area contributed by atoms with Crippen molar-refractivity contribution in [1.29, 1.82) is 0 Å². The lowest BCUT2D eigenvalue weighted by Gasteiger charge is -2.13. The molecule has 3 aromatic rings. The number of rotatable bonds is 4. The number of aromatic nitrogens is 5. The Hall–Kier alpha value is -2.87. The van der Waals surface area contributed by atoms with Gasteiger partial charge in [-0.05, 0) is 32.0 Å². The van der Waals surface area contributed by atoms with Gasteiger partial charge in [0.25, 0.3) is 0 Å². The van der Waals surface area contributed by atoms with Crippen LogP contribution in [0.25, 0.3) is 22.2 Å². The van der Waals surface area contributed by atoms with Crippen LogP contribution in [-0.4, -0.2) is 55.4 Å². The Bertz CT molecular complexity index is 914. The summed E-state index contributed by atoms with van der Waals surface area (Å²) in [5, 5.41) is 11.8. The molecule has 1 saturated heterocycles. The summed E-state index contributed by atoms with van der Waals surface area (Å²) in [7, 11) is 1.83. The van der Waals surface area contributed by atoms with Gasteiger partial charge in [0.05, 0.1) is 18.3 Å². The number of carbonyl (C=O) groups is 1. The van der Waals surface area contributed by atoms with E-state index in [1.54, 1.807) is 10.9 Å². The van der Waals surface area contributed by atoms with Gasteiger partial charge in [-0.15, -0.1) is 5.10 Å². The van der Waals surface area contributed by atoms with E-state index in [0.29, 0.717) is 12.5 Å². The van der Waals surface area contributed by atoms with Crippen molar-refractivity contribution in [3.63, 3.8) is 0 Å². The number of benzene rings is 1. The van der Waals surface area contributed by atoms with E-state index in [9.17, 15) is 4.79 Å². The molecule has 8 nitrogen and oxygen atoms in total. The lowest BCUT2D eigenvalue weighted by atomic mass is 10.1. The minimum Gasteiger partial charge on any atom is -0.295 e. The fourth-order valence-electron chi connectivity index (χ4n) is 3.03. The molecule has 2 aromatic heterocycles. The summed E-state index contributed by atoms with van der Waals surface area (Å²) < 4.78 is 1.66. The van der Waals surface area contributed by atoms with Crippen LogP contribution in [0.2, 0.25) is 0 Å². The molecule has 4 rings (SSSR count). The topological polar surface area (TPSA) is 88.8 Å². The summed E-state index contributed by atoms with van der Waals surface area (Å²) >= 11 is 0. The lowest BCUT2D eigenvalue weighted by molar-refractivity contribution is -0.117. The third-order valence-corrected chi connectivity index (χ3v) is 4.30. The van der Waals surface area contributed by atoms with Crippen LogP contribution in [0.4, 0.5) is 5.95 Å². The SMILES string of the molecule is Cn1cc(-c2ccc3cnc(NC(=O)CN4CCCC4)nc3c2)nn1. The first kappa shape index (κ1) is 15.6. The molecule has 0 radical (unpaired) electrons. The fraction of sp³-hybridized carbons (Fsp3) is 0.353. The summed E-state index contributed by atoms with van der Waals surface area (Å²) in [6, 6.07) is 5.83. The van der Waals surface area contributed by atoms with Gasteiger partial charge < -0.3 is 0 Å². The van der Waals surface area contributed by atoms with Crippen molar-refractivity contribution in [2.24, 2.45) is 7.05 Å². The Morgan fingerprint density at radius 3 is 2.88 bits per heavy atom. The molecule has 3 heterocycles. The highest BCUT2D eigenvalue weighted by Gasteiger charge is 2.16. The lowest BCUT2D eigenvalue weighted by Crippen LogP contribution is -2.31. The number of hydrogen-bond donors (Lipinski definition) is 1. The van der Waals surface area contributed by atoms with Crippen LogP contribution >= 0.6 is 0 Å². The van der Waals surface area contributed by atoms with E-state index in [2.05, 4.69) is 30.5 Å². The van der Waals surface area contributed by atoms with Crippen molar-refractivity contribution >= 4 is 22.8 Å². The van der Waals surface area contributed by atoms with Gasteiger partial charge in [0.2, 0.25) is 11.9 Å². The van der Waals surface area contributed by atoms with Gasteiger partial charge >= 0.3 is 0 Å². The highest BCUT2D eigenvalue weighted by molar-refractivity contribution is 5.92. The molecule has 0 unspecified atom stereocenters. The number of anilines is 1. The number of fused-ring (bicyclic) bond motifs is 1. The zero-order valence-electron chi connectivity index (χ0n) is 14.0. The Morgan fingerprint density at radius 2 is 2.12 bits per heavy atom. The summed E-state index contributed by atoms with van der Waals surface area (Å²) in [5.41, 5.74) is 2.46. The number of likely N-dealkylation sites (tertiary alicyclic amines) is 1. The first-order valence-corrected chi connectivity index (χ1v) is 8.33. The second-order valence-electron chi connectivity index (χ2n) is 6.28. The van der Waals surface area contributed by atoms with Crippen LogP contribution in [0.1, 0.15) is 12.8 Å². The van der Waals surface area contributed by atoms with E-state index in [1.165, 1.54) is 0 Å². The second-order valence-corrected chi connectivity index (χ2v) is 6.28. The predicted octanol–water partition coefficient (Wildman–Crippen LogP) is 1.46. The second kappa shape index (κ2) is 6.56. The molecule has 25 heavy (non-hydrogen) atoms. The molecule has 1 aromatic carbocycles. The zero-order chi connectivity index (χ0) is 17.2. The smallest absolute Gasteiger partial charge is 0.240 e. The molecular formula is C17H19N7O. The molecule has 0 bridgehead atoms. The van der Waals surface area contributed by atoms with Gasteiger partial charge in [0.1, 0.15) is 5.69 Å². The molecule has 0 saturated carbocycles. The van der Waals surface area contributed by atoms with Crippen molar-refractivity contribution in [3.05, 3.63) is 30.6 Å². The molecule has 1 N–H and O–H groups in total. The van der Waals surface area contributed by atoms with Crippen LogP contribution in [-0.2, 0) is 11.8 Å². The third-order valence-electron chi connectivity index (χ3n) is 4.30. The van der Waals surface area contributed by atoms with E-state index in [1.807, 2.05) is 31.4 Å². The minimum absolute atomic E-state index is 0.0775. The van der Waals surface area contributed by atoms with E-state index in [0.717, 1.165) is 48.1 Å². The maximum Gasteiger partial charge on any atom is 0.240 e.